The van der Waals surface area contributed by atoms with Crippen LogP contribution in [0.3, 0.4) is 0 Å². The minimum atomic E-state index is 0. The summed E-state index contributed by atoms with van der Waals surface area (Å²) in [5.41, 5.74) is 1.16. The van der Waals surface area contributed by atoms with E-state index in [2.05, 4.69) is 43.5 Å². The molecule has 0 spiro atoms. The molecule has 0 radical (unpaired) electrons. The second-order valence-electron chi connectivity index (χ2n) is 6.99. The molecule has 0 saturated heterocycles. The molecule has 1 atom stereocenters. The lowest BCUT2D eigenvalue weighted by molar-refractivity contribution is 0.366. The molecule has 27 heavy (non-hydrogen) atoms. The first kappa shape index (κ1) is 22.0. The van der Waals surface area contributed by atoms with Gasteiger partial charge in [-0.05, 0) is 32.3 Å². The molecule has 150 valence electrons. The topological polar surface area (TPSA) is 63.3 Å². The van der Waals surface area contributed by atoms with Crippen molar-refractivity contribution in [2.75, 3.05) is 20.1 Å². The van der Waals surface area contributed by atoms with E-state index in [0.29, 0.717) is 5.92 Å². The summed E-state index contributed by atoms with van der Waals surface area (Å²) in [6, 6.07) is 2.00. The number of aryl methyl sites for hydroxylation is 3. The predicted molar refractivity (Wildman–Crippen MR) is 120 cm³/mol. The highest BCUT2D eigenvalue weighted by Crippen LogP contribution is 2.20. The Bertz CT molecular complexity index is 783. The maximum Gasteiger partial charge on any atom is 0.194 e. The van der Waals surface area contributed by atoms with Crippen LogP contribution in [0.15, 0.2) is 17.3 Å². The van der Waals surface area contributed by atoms with Crippen LogP contribution in [-0.2, 0) is 26.6 Å². The van der Waals surface area contributed by atoms with Crippen molar-refractivity contribution in [1.82, 2.24) is 29.5 Å². The summed E-state index contributed by atoms with van der Waals surface area (Å²) in [6.45, 7) is 7.47. The molecule has 1 aliphatic rings. The zero-order valence-corrected chi connectivity index (χ0v) is 19.5. The van der Waals surface area contributed by atoms with E-state index in [4.69, 9.17) is 16.6 Å². The van der Waals surface area contributed by atoms with Crippen LogP contribution >= 0.6 is 35.6 Å². The number of guanidine groups is 1. The maximum absolute atomic E-state index is 6.10. The third kappa shape index (κ3) is 5.37. The smallest absolute Gasteiger partial charge is 0.194 e. The summed E-state index contributed by atoms with van der Waals surface area (Å²) in [5, 5.41) is 12.6. The number of halogens is 2. The standard InChI is InChI=1S/C18H28ClN7.HI/c1-5-20-18(25(4)12-16-8-15(19)11-24(16)3)21-9-14-6-7-17-23-22-13(2)26(17)10-14;/h8,11,14H,5-7,9-10,12H2,1-4H3,(H,20,21);1H. The van der Waals surface area contributed by atoms with Crippen LogP contribution in [0, 0.1) is 12.8 Å². The molecule has 0 saturated carbocycles. The van der Waals surface area contributed by atoms with E-state index < -0.39 is 0 Å². The maximum atomic E-state index is 6.10. The van der Waals surface area contributed by atoms with Crippen molar-refractivity contribution < 1.29 is 0 Å². The Hall–Kier alpha value is -1.29. The average molecular weight is 506 g/mol. The zero-order valence-electron chi connectivity index (χ0n) is 16.4. The van der Waals surface area contributed by atoms with Gasteiger partial charge in [-0.25, -0.2) is 0 Å². The second kappa shape index (κ2) is 9.77. The van der Waals surface area contributed by atoms with Crippen LogP contribution in [0.4, 0.5) is 0 Å². The first-order valence-electron chi connectivity index (χ1n) is 9.16. The van der Waals surface area contributed by atoms with Gasteiger partial charge >= 0.3 is 0 Å². The van der Waals surface area contributed by atoms with Gasteiger partial charge in [-0.2, -0.15) is 0 Å². The van der Waals surface area contributed by atoms with Gasteiger partial charge in [0, 0.05) is 52.0 Å². The Kier molecular flexibility index (Phi) is 7.96. The molecular formula is C18H29ClIN7. The first-order valence-corrected chi connectivity index (χ1v) is 9.54. The van der Waals surface area contributed by atoms with Crippen molar-refractivity contribution in [3.8, 4) is 0 Å². The Balaban J connectivity index is 0.00000261. The SMILES string of the molecule is CCNC(=NCC1CCc2nnc(C)n2C1)N(C)Cc1cc(Cl)cn1C.I. The minimum Gasteiger partial charge on any atom is -0.357 e. The lowest BCUT2D eigenvalue weighted by atomic mass is 9.99. The fraction of sp³-hybridized carbons (Fsp3) is 0.611. The van der Waals surface area contributed by atoms with Crippen molar-refractivity contribution in [3.63, 3.8) is 0 Å². The van der Waals surface area contributed by atoms with Crippen LogP contribution in [-0.4, -0.2) is 50.3 Å². The van der Waals surface area contributed by atoms with Crippen LogP contribution in [0.25, 0.3) is 0 Å². The quantitative estimate of drug-likeness (QED) is 0.386. The summed E-state index contributed by atoms with van der Waals surface area (Å²) < 4.78 is 4.28. The van der Waals surface area contributed by atoms with Crippen LogP contribution in [0.5, 0.6) is 0 Å². The van der Waals surface area contributed by atoms with Gasteiger partial charge in [0.1, 0.15) is 11.6 Å². The lowest BCUT2D eigenvalue weighted by Gasteiger charge is -2.25. The number of nitrogens with one attached hydrogen (secondary N) is 1. The molecule has 0 aliphatic carbocycles. The number of hydrogen-bond acceptors (Lipinski definition) is 3. The Morgan fingerprint density at radius 2 is 2.22 bits per heavy atom. The van der Waals surface area contributed by atoms with Crippen LogP contribution < -0.4 is 5.32 Å². The zero-order chi connectivity index (χ0) is 18.7. The Labute approximate surface area is 183 Å². The normalized spacial score (nSPS) is 16.6. The van der Waals surface area contributed by atoms with Gasteiger partial charge in [-0.1, -0.05) is 11.6 Å². The lowest BCUT2D eigenvalue weighted by Crippen LogP contribution is -2.39. The monoisotopic (exact) mass is 505 g/mol. The molecule has 1 aliphatic heterocycles. The third-order valence-electron chi connectivity index (χ3n) is 4.90. The molecule has 2 aromatic rings. The summed E-state index contributed by atoms with van der Waals surface area (Å²) in [4.78, 5) is 7.04. The van der Waals surface area contributed by atoms with Crippen molar-refractivity contribution in [3.05, 3.63) is 34.6 Å². The van der Waals surface area contributed by atoms with Crippen LogP contribution in [0.2, 0.25) is 5.02 Å². The van der Waals surface area contributed by atoms with Gasteiger partial charge in [-0.3, -0.25) is 4.99 Å². The van der Waals surface area contributed by atoms with Crippen molar-refractivity contribution in [2.45, 2.75) is 39.8 Å². The van der Waals surface area contributed by atoms with Crippen molar-refractivity contribution in [2.24, 2.45) is 18.0 Å². The highest BCUT2D eigenvalue weighted by molar-refractivity contribution is 14.0. The minimum absolute atomic E-state index is 0. The Morgan fingerprint density at radius 3 is 2.89 bits per heavy atom. The second-order valence-corrected chi connectivity index (χ2v) is 7.43. The summed E-state index contributed by atoms with van der Waals surface area (Å²) in [7, 11) is 4.07. The highest BCUT2D eigenvalue weighted by Gasteiger charge is 2.21. The van der Waals surface area contributed by atoms with Gasteiger partial charge in [0.2, 0.25) is 0 Å². The fourth-order valence-corrected chi connectivity index (χ4v) is 3.68. The van der Waals surface area contributed by atoms with E-state index in [1.807, 2.05) is 26.2 Å². The first-order chi connectivity index (χ1) is 12.5. The summed E-state index contributed by atoms with van der Waals surface area (Å²) in [6.07, 6.45) is 4.02. The van der Waals surface area contributed by atoms with E-state index in [9.17, 15) is 0 Å². The van der Waals surface area contributed by atoms with Gasteiger partial charge in [-0.15, -0.1) is 34.2 Å². The van der Waals surface area contributed by atoms with Gasteiger partial charge in [0.25, 0.3) is 0 Å². The fourth-order valence-electron chi connectivity index (χ4n) is 3.41. The molecule has 2 aromatic heterocycles. The number of aromatic nitrogens is 4. The number of aliphatic imine (C=N–C) groups is 1. The predicted octanol–water partition coefficient (Wildman–Crippen LogP) is 2.86. The molecule has 9 heteroatoms. The number of nitrogens with zero attached hydrogens (tertiary/aromatic N) is 6. The molecule has 1 N–H and O–H groups in total. The van der Waals surface area contributed by atoms with E-state index in [0.717, 1.165) is 67.3 Å². The Morgan fingerprint density at radius 1 is 1.44 bits per heavy atom. The van der Waals surface area contributed by atoms with Crippen LogP contribution in [0.1, 0.15) is 30.7 Å². The van der Waals surface area contributed by atoms with Crippen molar-refractivity contribution >= 4 is 41.5 Å². The molecule has 0 aromatic carbocycles. The molecular weight excluding hydrogens is 477 g/mol. The summed E-state index contributed by atoms with van der Waals surface area (Å²) in [5.74, 6) is 3.55. The molecule has 3 rings (SSSR count). The molecule has 0 amide bonds. The average Bonchev–Trinajstić information content (AvgIpc) is 3.13. The highest BCUT2D eigenvalue weighted by atomic mass is 127. The third-order valence-corrected chi connectivity index (χ3v) is 5.11. The van der Waals surface area contributed by atoms with E-state index in [1.165, 1.54) is 0 Å². The number of fused-ring (bicyclic) bond motifs is 1. The van der Waals surface area contributed by atoms with Gasteiger partial charge in [0.05, 0.1) is 11.6 Å². The van der Waals surface area contributed by atoms with Gasteiger partial charge in [0.15, 0.2) is 5.96 Å². The molecule has 3 heterocycles. The molecule has 0 bridgehead atoms. The molecule has 0 fully saturated rings. The van der Waals surface area contributed by atoms with E-state index >= 15 is 0 Å². The van der Waals surface area contributed by atoms with E-state index in [-0.39, 0.29) is 24.0 Å². The van der Waals surface area contributed by atoms with E-state index in [1.54, 1.807) is 0 Å². The number of rotatable bonds is 5. The van der Waals surface area contributed by atoms with Gasteiger partial charge < -0.3 is 19.4 Å². The number of hydrogen-bond donors (Lipinski definition) is 1. The summed E-state index contributed by atoms with van der Waals surface area (Å²) >= 11 is 6.10. The van der Waals surface area contributed by atoms with Crippen molar-refractivity contribution in [1.29, 1.82) is 0 Å². The molecule has 7 nitrogen and oxygen atoms in total. The molecule has 1 unspecified atom stereocenters. The largest absolute Gasteiger partial charge is 0.357 e.